The van der Waals surface area contributed by atoms with Crippen molar-refractivity contribution in [3.8, 4) is 0 Å². The highest BCUT2D eigenvalue weighted by molar-refractivity contribution is 4.88. The van der Waals surface area contributed by atoms with Crippen LogP contribution in [0.3, 0.4) is 0 Å². The molecule has 16 heavy (non-hydrogen) atoms. The van der Waals surface area contributed by atoms with Gasteiger partial charge in [-0.25, -0.2) is 4.39 Å². The van der Waals surface area contributed by atoms with Crippen molar-refractivity contribution in [2.24, 2.45) is 17.8 Å². The van der Waals surface area contributed by atoms with Crippen molar-refractivity contribution in [2.75, 3.05) is 39.8 Å². The van der Waals surface area contributed by atoms with E-state index in [9.17, 15) is 9.50 Å². The predicted molar refractivity (Wildman–Crippen MR) is 62.1 cm³/mol. The monoisotopic (exact) mass is 230 g/mol. The molecule has 0 spiro atoms. The molecule has 2 fully saturated rings. The van der Waals surface area contributed by atoms with Gasteiger partial charge in [-0.15, -0.1) is 0 Å². The zero-order valence-corrected chi connectivity index (χ0v) is 10.0. The van der Waals surface area contributed by atoms with Crippen LogP contribution >= 0.6 is 0 Å². The number of rotatable bonds is 2. The molecule has 4 unspecified atom stereocenters. The number of piperidine rings is 2. The Kier molecular flexibility index (Phi) is 4.16. The van der Waals surface area contributed by atoms with Crippen LogP contribution in [0.15, 0.2) is 0 Å². The number of aliphatic hydroxyl groups is 1. The van der Waals surface area contributed by atoms with Crippen molar-refractivity contribution < 1.29 is 9.50 Å². The first-order valence-electron chi connectivity index (χ1n) is 6.35. The maximum Gasteiger partial charge on any atom is 0.113 e. The quantitative estimate of drug-likeness (QED) is 0.725. The minimum absolute atomic E-state index is 0.256. The Balaban J connectivity index is 1.98. The van der Waals surface area contributed by atoms with Crippen molar-refractivity contribution in [2.45, 2.75) is 19.0 Å². The molecule has 0 aromatic carbocycles. The largest absolute Gasteiger partial charge is 0.396 e. The van der Waals surface area contributed by atoms with Crippen molar-refractivity contribution in [1.29, 1.82) is 0 Å². The first-order valence-corrected chi connectivity index (χ1v) is 6.35. The molecule has 2 rings (SSSR count). The molecule has 0 radical (unpaired) electrons. The smallest absolute Gasteiger partial charge is 0.113 e. The van der Waals surface area contributed by atoms with E-state index < -0.39 is 6.17 Å². The zero-order valence-electron chi connectivity index (χ0n) is 10.0. The van der Waals surface area contributed by atoms with Gasteiger partial charge in [0.15, 0.2) is 0 Å². The highest BCUT2D eigenvalue weighted by atomic mass is 19.1. The SMILES string of the molecule is CN1CCC(CO)C(C2CNCC(F)C2)C1. The highest BCUT2D eigenvalue weighted by Gasteiger charge is 2.35. The first kappa shape index (κ1) is 12.3. The lowest BCUT2D eigenvalue weighted by molar-refractivity contribution is 0.0348. The van der Waals surface area contributed by atoms with Gasteiger partial charge in [0.1, 0.15) is 6.17 Å². The van der Waals surface area contributed by atoms with Crippen LogP contribution < -0.4 is 5.32 Å². The van der Waals surface area contributed by atoms with Crippen LogP contribution in [0.2, 0.25) is 0 Å². The molecule has 2 saturated heterocycles. The summed E-state index contributed by atoms with van der Waals surface area (Å²) in [6.45, 7) is 3.73. The van der Waals surface area contributed by atoms with Crippen LogP contribution in [0.25, 0.3) is 0 Å². The van der Waals surface area contributed by atoms with E-state index in [0.29, 0.717) is 30.7 Å². The number of hydrogen-bond acceptors (Lipinski definition) is 3. The van der Waals surface area contributed by atoms with E-state index in [1.54, 1.807) is 0 Å². The van der Waals surface area contributed by atoms with E-state index in [4.69, 9.17) is 0 Å². The normalized spacial score (nSPS) is 42.2. The van der Waals surface area contributed by atoms with Crippen LogP contribution in [-0.2, 0) is 0 Å². The number of alkyl halides is 1. The fourth-order valence-electron chi connectivity index (χ4n) is 3.21. The van der Waals surface area contributed by atoms with Crippen LogP contribution in [-0.4, -0.2) is 56.0 Å². The molecule has 0 bridgehead atoms. The lowest BCUT2D eigenvalue weighted by Crippen LogP contribution is -2.49. The van der Waals surface area contributed by atoms with E-state index in [1.807, 2.05) is 0 Å². The Bertz CT molecular complexity index is 227. The van der Waals surface area contributed by atoms with Gasteiger partial charge in [-0.2, -0.15) is 0 Å². The van der Waals surface area contributed by atoms with Gasteiger partial charge in [0, 0.05) is 19.7 Å². The van der Waals surface area contributed by atoms with Gasteiger partial charge in [-0.05, 0) is 50.7 Å². The van der Waals surface area contributed by atoms with Gasteiger partial charge in [0.05, 0.1) is 0 Å². The van der Waals surface area contributed by atoms with Gasteiger partial charge in [-0.1, -0.05) is 0 Å². The molecule has 2 aliphatic heterocycles. The minimum atomic E-state index is -0.703. The van der Waals surface area contributed by atoms with Gasteiger partial charge < -0.3 is 15.3 Å². The Morgan fingerprint density at radius 3 is 2.94 bits per heavy atom. The third kappa shape index (κ3) is 2.73. The van der Waals surface area contributed by atoms with Gasteiger partial charge in [-0.3, -0.25) is 0 Å². The molecule has 0 aromatic heterocycles. The highest BCUT2D eigenvalue weighted by Crippen LogP contribution is 2.32. The Hall–Kier alpha value is -0.190. The molecule has 0 amide bonds. The summed E-state index contributed by atoms with van der Waals surface area (Å²) in [7, 11) is 2.11. The number of nitrogens with one attached hydrogen (secondary N) is 1. The average Bonchev–Trinajstić information content (AvgIpc) is 2.29. The summed E-state index contributed by atoms with van der Waals surface area (Å²) in [5.74, 6) is 1.21. The third-order valence-electron chi connectivity index (χ3n) is 4.18. The summed E-state index contributed by atoms with van der Waals surface area (Å²) >= 11 is 0. The summed E-state index contributed by atoms with van der Waals surface area (Å²) < 4.78 is 13.4. The molecule has 94 valence electrons. The molecule has 0 aliphatic carbocycles. The molecule has 0 saturated carbocycles. The summed E-state index contributed by atoms with van der Waals surface area (Å²) in [6.07, 6.45) is 1.01. The molecule has 2 aliphatic rings. The number of likely N-dealkylation sites (tertiary alicyclic amines) is 1. The minimum Gasteiger partial charge on any atom is -0.396 e. The summed E-state index contributed by atoms with van der Waals surface area (Å²) in [6, 6.07) is 0. The molecule has 4 atom stereocenters. The lowest BCUT2D eigenvalue weighted by Gasteiger charge is -2.42. The molecule has 2 N–H and O–H groups in total. The third-order valence-corrected chi connectivity index (χ3v) is 4.18. The van der Waals surface area contributed by atoms with Gasteiger partial charge >= 0.3 is 0 Å². The van der Waals surface area contributed by atoms with Crippen molar-refractivity contribution in [3.05, 3.63) is 0 Å². The second-order valence-electron chi connectivity index (χ2n) is 5.41. The number of aliphatic hydroxyl groups excluding tert-OH is 1. The lowest BCUT2D eigenvalue weighted by atomic mass is 9.74. The topological polar surface area (TPSA) is 35.5 Å². The second kappa shape index (κ2) is 5.43. The predicted octanol–water partition coefficient (Wildman–Crippen LogP) is 0.494. The van der Waals surface area contributed by atoms with E-state index in [-0.39, 0.29) is 6.61 Å². The molecular weight excluding hydrogens is 207 g/mol. The van der Waals surface area contributed by atoms with E-state index >= 15 is 0 Å². The molecular formula is C12H23FN2O. The maximum absolute atomic E-state index is 13.4. The molecule has 2 heterocycles. The van der Waals surface area contributed by atoms with Crippen molar-refractivity contribution in [1.82, 2.24) is 10.2 Å². The van der Waals surface area contributed by atoms with E-state index in [2.05, 4.69) is 17.3 Å². The maximum atomic E-state index is 13.4. The Morgan fingerprint density at radius 2 is 2.25 bits per heavy atom. The van der Waals surface area contributed by atoms with E-state index in [1.165, 1.54) is 0 Å². The fourth-order valence-corrected chi connectivity index (χ4v) is 3.21. The van der Waals surface area contributed by atoms with Crippen LogP contribution in [0.4, 0.5) is 4.39 Å². The Morgan fingerprint density at radius 1 is 1.44 bits per heavy atom. The second-order valence-corrected chi connectivity index (χ2v) is 5.41. The number of hydrogen-bond donors (Lipinski definition) is 2. The molecule has 0 aromatic rings. The van der Waals surface area contributed by atoms with Crippen molar-refractivity contribution in [3.63, 3.8) is 0 Å². The molecule has 4 heteroatoms. The van der Waals surface area contributed by atoms with Crippen molar-refractivity contribution >= 4 is 0 Å². The number of halogens is 1. The summed E-state index contributed by atoms with van der Waals surface area (Å²) in [5, 5.41) is 12.6. The average molecular weight is 230 g/mol. The number of nitrogens with zero attached hydrogens (tertiary/aromatic N) is 1. The summed E-state index contributed by atoms with van der Waals surface area (Å²) in [4.78, 5) is 2.30. The van der Waals surface area contributed by atoms with Crippen LogP contribution in [0, 0.1) is 17.8 Å². The first-order chi connectivity index (χ1) is 7.70. The van der Waals surface area contributed by atoms with E-state index in [0.717, 1.165) is 26.1 Å². The Labute approximate surface area is 97.0 Å². The molecule has 3 nitrogen and oxygen atoms in total. The van der Waals surface area contributed by atoms with Gasteiger partial charge in [0.25, 0.3) is 0 Å². The fraction of sp³-hybridized carbons (Fsp3) is 1.00. The van der Waals surface area contributed by atoms with Gasteiger partial charge in [0.2, 0.25) is 0 Å². The standard InChI is InChI=1S/C12H23FN2O/c1-15-3-2-9(8-16)12(7-15)10-4-11(13)6-14-5-10/h9-12,14,16H,2-8H2,1H3. The van der Waals surface area contributed by atoms with Crippen LogP contribution in [0.1, 0.15) is 12.8 Å². The van der Waals surface area contributed by atoms with Crippen LogP contribution in [0.5, 0.6) is 0 Å². The zero-order chi connectivity index (χ0) is 11.5. The summed E-state index contributed by atoms with van der Waals surface area (Å²) in [5.41, 5.74) is 0.